The molecule has 2 heteroatoms. The van der Waals surface area contributed by atoms with Gasteiger partial charge < -0.3 is 9.47 Å². The third-order valence-electron chi connectivity index (χ3n) is 6.21. The van der Waals surface area contributed by atoms with Crippen LogP contribution in [0.5, 0.6) is 11.5 Å². The van der Waals surface area contributed by atoms with Gasteiger partial charge in [-0.1, -0.05) is 36.4 Å². The highest BCUT2D eigenvalue weighted by Crippen LogP contribution is 2.68. The minimum absolute atomic E-state index is 0.663. The van der Waals surface area contributed by atoms with Gasteiger partial charge in [0.25, 0.3) is 0 Å². The summed E-state index contributed by atoms with van der Waals surface area (Å²) in [5.74, 6) is 4.68. The van der Waals surface area contributed by atoms with Gasteiger partial charge in [-0.15, -0.1) is 0 Å². The summed E-state index contributed by atoms with van der Waals surface area (Å²) in [6.45, 7) is 1.34. The summed E-state index contributed by atoms with van der Waals surface area (Å²) in [6, 6.07) is 15.4. The molecule has 0 spiro atoms. The summed E-state index contributed by atoms with van der Waals surface area (Å²) < 4.78 is 11.6. The topological polar surface area (TPSA) is 18.5 Å². The standard InChI is InChI=1S/C21H18O2/c1-2-4-12(5-3-1)13-8-17-14-9-18(21(13)17)16-11-20-19(10-15(14)16)22-6-7-23-20/h1-5,8,10-11,14,17-18,21H,6-7,9H2/t14-,17?,18+,21?/m1/s1. The van der Waals surface area contributed by atoms with Crippen molar-refractivity contribution < 1.29 is 9.47 Å². The van der Waals surface area contributed by atoms with Crippen LogP contribution in [-0.2, 0) is 0 Å². The summed E-state index contributed by atoms with van der Waals surface area (Å²) in [5.41, 5.74) is 6.00. The zero-order chi connectivity index (χ0) is 15.0. The molecule has 2 aromatic rings. The van der Waals surface area contributed by atoms with E-state index in [2.05, 4.69) is 48.5 Å². The minimum atomic E-state index is 0.663. The molecule has 2 bridgehead atoms. The zero-order valence-corrected chi connectivity index (χ0v) is 12.9. The Balaban J connectivity index is 1.43. The maximum Gasteiger partial charge on any atom is 0.161 e. The lowest BCUT2D eigenvalue weighted by Gasteiger charge is -2.41. The van der Waals surface area contributed by atoms with Gasteiger partial charge in [-0.3, -0.25) is 0 Å². The van der Waals surface area contributed by atoms with Crippen molar-refractivity contribution in [1.82, 2.24) is 0 Å². The molecule has 2 aromatic carbocycles. The molecule has 0 N–H and O–H groups in total. The van der Waals surface area contributed by atoms with Gasteiger partial charge in [0.15, 0.2) is 11.5 Å². The van der Waals surface area contributed by atoms with Crippen molar-refractivity contribution in [2.45, 2.75) is 18.3 Å². The van der Waals surface area contributed by atoms with Gasteiger partial charge in [-0.25, -0.2) is 0 Å². The maximum absolute atomic E-state index is 5.81. The normalized spacial score (nSPS) is 31.9. The lowest BCUT2D eigenvalue weighted by molar-refractivity contribution is 0.171. The van der Waals surface area contributed by atoms with E-state index in [-0.39, 0.29) is 0 Å². The average molecular weight is 302 g/mol. The molecule has 23 heavy (non-hydrogen) atoms. The minimum Gasteiger partial charge on any atom is -0.486 e. The molecule has 1 aliphatic heterocycles. The third-order valence-corrected chi connectivity index (χ3v) is 6.21. The SMILES string of the molecule is C1=C(c2ccccc2)C2C1[C@@H]1C[C@H]2c2cc3c(cc21)OCCO3. The first-order valence-corrected chi connectivity index (χ1v) is 8.61. The second-order valence-corrected chi connectivity index (χ2v) is 7.16. The molecule has 4 aliphatic rings. The second-order valence-electron chi connectivity index (χ2n) is 7.16. The summed E-state index contributed by atoms with van der Waals surface area (Å²) in [5, 5.41) is 0. The van der Waals surface area contributed by atoms with E-state index < -0.39 is 0 Å². The van der Waals surface area contributed by atoms with Crippen molar-refractivity contribution in [3.05, 3.63) is 65.2 Å². The van der Waals surface area contributed by atoms with Crippen LogP contribution in [0.25, 0.3) is 5.57 Å². The first-order chi connectivity index (χ1) is 11.4. The molecule has 2 nitrogen and oxygen atoms in total. The van der Waals surface area contributed by atoms with E-state index in [4.69, 9.17) is 9.47 Å². The Morgan fingerprint density at radius 1 is 0.826 bits per heavy atom. The third kappa shape index (κ3) is 1.49. The number of hydrogen-bond acceptors (Lipinski definition) is 2. The molecule has 1 saturated carbocycles. The molecule has 0 amide bonds. The number of allylic oxidation sites excluding steroid dienone is 2. The van der Waals surface area contributed by atoms with Gasteiger partial charge in [-0.05, 0) is 64.5 Å². The molecule has 114 valence electrons. The Kier molecular flexibility index (Phi) is 2.23. The number of ether oxygens (including phenoxy) is 2. The Morgan fingerprint density at radius 2 is 1.52 bits per heavy atom. The maximum atomic E-state index is 5.81. The number of rotatable bonds is 1. The molecule has 0 aromatic heterocycles. The van der Waals surface area contributed by atoms with Gasteiger partial charge in [0.2, 0.25) is 0 Å². The highest BCUT2D eigenvalue weighted by atomic mass is 16.6. The highest BCUT2D eigenvalue weighted by Gasteiger charge is 2.55. The molecule has 4 atom stereocenters. The van der Waals surface area contributed by atoms with Gasteiger partial charge >= 0.3 is 0 Å². The van der Waals surface area contributed by atoms with Crippen LogP contribution in [0, 0.1) is 11.8 Å². The van der Waals surface area contributed by atoms with E-state index >= 15 is 0 Å². The van der Waals surface area contributed by atoms with Crippen LogP contribution in [0.4, 0.5) is 0 Å². The van der Waals surface area contributed by atoms with E-state index in [1.165, 1.54) is 23.1 Å². The first-order valence-electron chi connectivity index (χ1n) is 8.61. The Morgan fingerprint density at radius 3 is 2.26 bits per heavy atom. The van der Waals surface area contributed by atoms with Crippen LogP contribution < -0.4 is 9.47 Å². The van der Waals surface area contributed by atoms with Gasteiger partial charge in [0.05, 0.1) is 0 Å². The molecular weight excluding hydrogens is 284 g/mol. The van der Waals surface area contributed by atoms with Crippen molar-refractivity contribution in [3.8, 4) is 11.5 Å². The summed E-state index contributed by atoms with van der Waals surface area (Å²) in [6.07, 6.45) is 3.81. The largest absolute Gasteiger partial charge is 0.486 e. The van der Waals surface area contributed by atoms with E-state index in [1.807, 2.05) is 0 Å². The van der Waals surface area contributed by atoms with Crippen LogP contribution in [0.3, 0.4) is 0 Å². The lowest BCUT2D eigenvalue weighted by Crippen LogP contribution is -2.29. The fraction of sp³-hybridized carbons (Fsp3) is 0.333. The smallest absolute Gasteiger partial charge is 0.161 e. The molecule has 0 radical (unpaired) electrons. The van der Waals surface area contributed by atoms with Gasteiger partial charge in [0, 0.05) is 0 Å². The van der Waals surface area contributed by atoms with Crippen molar-refractivity contribution >= 4 is 5.57 Å². The fourth-order valence-corrected chi connectivity index (χ4v) is 5.28. The predicted octanol–water partition coefficient (Wildman–Crippen LogP) is 4.37. The molecule has 0 saturated heterocycles. The summed E-state index contributed by atoms with van der Waals surface area (Å²) in [7, 11) is 0. The number of fused-ring (bicyclic) bond motifs is 9. The molecule has 6 rings (SSSR count). The predicted molar refractivity (Wildman–Crippen MR) is 88.9 cm³/mol. The van der Waals surface area contributed by atoms with Crippen LogP contribution in [-0.4, -0.2) is 13.2 Å². The first kappa shape index (κ1) is 12.2. The van der Waals surface area contributed by atoms with Crippen molar-refractivity contribution in [3.63, 3.8) is 0 Å². The zero-order valence-electron chi connectivity index (χ0n) is 12.9. The van der Waals surface area contributed by atoms with Gasteiger partial charge in [-0.2, -0.15) is 0 Å². The Labute approximate surface area is 135 Å². The van der Waals surface area contributed by atoms with Crippen LogP contribution in [0.15, 0.2) is 48.5 Å². The Bertz CT molecular complexity index is 836. The number of benzene rings is 2. The molecule has 2 unspecified atom stereocenters. The molecular formula is C21H18O2. The van der Waals surface area contributed by atoms with Crippen LogP contribution >= 0.6 is 0 Å². The van der Waals surface area contributed by atoms with E-state index in [0.29, 0.717) is 31.0 Å². The highest BCUT2D eigenvalue weighted by molar-refractivity contribution is 5.77. The van der Waals surface area contributed by atoms with Crippen molar-refractivity contribution in [2.24, 2.45) is 11.8 Å². The second kappa shape index (κ2) is 4.19. The molecule has 1 heterocycles. The van der Waals surface area contributed by atoms with Crippen molar-refractivity contribution in [1.29, 1.82) is 0 Å². The Hall–Kier alpha value is -2.22. The van der Waals surface area contributed by atoms with Crippen molar-refractivity contribution in [2.75, 3.05) is 13.2 Å². The number of hydrogen-bond donors (Lipinski definition) is 0. The fourth-order valence-electron chi connectivity index (χ4n) is 5.28. The van der Waals surface area contributed by atoms with E-state index in [9.17, 15) is 0 Å². The lowest BCUT2D eigenvalue weighted by atomic mass is 9.63. The monoisotopic (exact) mass is 302 g/mol. The van der Waals surface area contributed by atoms with Crippen LogP contribution in [0.2, 0.25) is 0 Å². The molecule has 3 aliphatic carbocycles. The van der Waals surface area contributed by atoms with E-state index in [1.54, 1.807) is 5.57 Å². The summed E-state index contributed by atoms with van der Waals surface area (Å²) >= 11 is 0. The average Bonchev–Trinajstić information content (AvgIpc) is 3.05. The van der Waals surface area contributed by atoms with Gasteiger partial charge in [0.1, 0.15) is 13.2 Å². The summed E-state index contributed by atoms with van der Waals surface area (Å²) in [4.78, 5) is 0. The van der Waals surface area contributed by atoms with Crippen LogP contribution in [0.1, 0.15) is 34.9 Å². The van der Waals surface area contributed by atoms with E-state index in [0.717, 1.165) is 17.4 Å². The molecule has 1 fully saturated rings. The quantitative estimate of drug-likeness (QED) is 0.778.